The quantitative estimate of drug-likeness (QED) is 0.255. The number of methoxy groups -OCH3 is 2. The van der Waals surface area contributed by atoms with Gasteiger partial charge in [0.15, 0.2) is 0 Å². The Labute approximate surface area is 187 Å². The van der Waals surface area contributed by atoms with E-state index in [4.69, 9.17) is 29.4 Å². The fourth-order valence-corrected chi connectivity index (χ4v) is 2.53. The van der Waals surface area contributed by atoms with Crippen LogP contribution in [0.3, 0.4) is 0 Å². The molecule has 0 aliphatic carbocycles. The molecule has 2 aromatic rings. The van der Waals surface area contributed by atoms with Gasteiger partial charge < -0.3 is 29.4 Å². The second-order valence-corrected chi connectivity index (χ2v) is 7.19. The van der Waals surface area contributed by atoms with Crippen LogP contribution in [-0.4, -0.2) is 45.6 Å². The van der Waals surface area contributed by atoms with Crippen LogP contribution in [-0.2, 0) is 14.3 Å². The average Bonchev–Trinajstić information content (AvgIpc) is 2.80. The monoisotopic (exact) mass is 443 g/mol. The first-order chi connectivity index (χ1) is 15.3. The van der Waals surface area contributed by atoms with Gasteiger partial charge in [-0.1, -0.05) is 38.1 Å². The molecule has 0 radical (unpaired) electrons. The third-order valence-electron chi connectivity index (χ3n) is 4.46. The van der Waals surface area contributed by atoms with Gasteiger partial charge in [-0.3, -0.25) is 4.79 Å². The smallest absolute Gasteiger partial charge is 0.497 e. The molecule has 0 bridgehead atoms. The Kier molecular flexibility index (Phi) is 9.56. The van der Waals surface area contributed by atoms with Crippen LogP contribution in [0.25, 0.3) is 12.2 Å². The van der Waals surface area contributed by atoms with Gasteiger partial charge in [-0.25, -0.2) is 4.79 Å². The summed E-state index contributed by atoms with van der Waals surface area (Å²) in [4.78, 5) is 23.4. The summed E-state index contributed by atoms with van der Waals surface area (Å²) >= 11 is 0. The topological polar surface area (TPSA) is 106 Å². The molecule has 1 atom stereocenters. The van der Waals surface area contributed by atoms with Crippen LogP contribution in [0, 0.1) is 5.92 Å². The van der Waals surface area contributed by atoms with Crippen LogP contribution < -0.4 is 19.9 Å². The van der Waals surface area contributed by atoms with E-state index in [1.54, 1.807) is 44.6 Å². The van der Waals surface area contributed by atoms with Gasteiger partial charge >= 0.3 is 12.1 Å². The van der Waals surface area contributed by atoms with E-state index in [1.165, 1.54) is 0 Å². The summed E-state index contributed by atoms with van der Waals surface area (Å²) in [6.45, 7) is 3.42. The first kappa shape index (κ1) is 24.7. The predicted octanol–water partition coefficient (Wildman–Crippen LogP) is 3.92. The summed E-state index contributed by atoms with van der Waals surface area (Å²) in [5, 5.41) is 0. The number of rotatable bonds is 10. The van der Waals surface area contributed by atoms with Crippen molar-refractivity contribution in [2.24, 2.45) is 11.7 Å². The minimum absolute atomic E-state index is 0.0375. The normalized spacial score (nSPS) is 11.8. The molecule has 1 unspecified atom stereocenters. The van der Waals surface area contributed by atoms with E-state index in [-0.39, 0.29) is 19.1 Å². The maximum absolute atomic E-state index is 11.8. The molecule has 0 aliphatic rings. The van der Waals surface area contributed by atoms with Crippen molar-refractivity contribution >= 4 is 24.3 Å². The molecule has 2 aromatic carbocycles. The van der Waals surface area contributed by atoms with Crippen molar-refractivity contribution in [3.63, 3.8) is 0 Å². The number of benzene rings is 2. The zero-order chi connectivity index (χ0) is 23.5. The second-order valence-electron chi connectivity index (χ2n) is 7.19. The lowest BCUT2D eigenvalue weighted by Gasteiger charge is -2.14. The Morgan fingerprint density at radius 3 is 1.97 bits per heavy atom. The summed E-state index contributed by atoms with van der Waals surface area (Å²) in [6, 6.07) is 11.8. The van der Waals surface area contributed by atoms with E-state index in [2.05, 4.69) is 0 Å². The van der Waals surface area contributed by atoms with Crippen molar-refractivity contribution in [3.8, 4) is 17.2 Å². The number of nitrogens with two attached hydrogens (primary N) is 1. The van der Waals surface area contributed by atoms with Gasteiger partial charge in [-0.2, -0.15) is 0 Å². The van der Waals surface area contributed by atoms with E-state index in [1.807, 2.05) is 38.1 Å². The highest BCUT2D eigenvalue weighted by Crippen LogP contribution is 2.24. The number of esters is 1. The Hall–Kier alpha value is -3.52. The Balaban J connectivity index is 1.82. The summed E-state index contributed by atoms with van der Waals surface area (Å²) < 4.78 is 25.5. The van der Waals surface area contributed by atoms with E-state index < -0.39 is 18.2 Å². The average molecular weight is 443 g/mol. The van der Waals surface area contributed by atoms with E-state index in [9.17, 15) is 9.59 Å². The highest BCUT2D eigenvalue weighted by molar-refractivity contribution is 5.75. The zero-order valence-corrected chi connectivity index (χ0v) is 18.7. The molecule has 0 saturated heterocycles. The number of ether oxygens (including phenoxy) is 5. The number of hydrogen-bond acceptors (Lipinski definition) is 8. The molecule has 0 amide bonds. The standard InChI is InChI=1S/C24H29NO7/c1-16(2)22(25)23(26)30-11-12-31-24(27)32-19-9-7-17(8-10-19)5-6-18-13-20(28-3)15-21(14-18)29-4/h5-10,13-16,22H,11-12,25H2,1-4H3. The van der Waals surface area contributed by atoms with Gasteiger partial charge in [0.25, 0.3) is 0 Å². The van der Waals surface area contributed by atoms with Gasteiger partial charge in [0.1, 0.15) is 36.5 Å². The van der Waals surface area contributed by atoms with Gasteiger partial charge in [-0.05, 0) is 41.3 Å². The first-order valence-corrected chi connectivity index (χ1v) is 10.1. The van der Waals surface area contributed by atoms with Crippen LogP contribution in [0.15, 0.2) is 42.5 Å². The lowest BCUT2D eigenvalue weighted by Crippen LogP contribution is -2.37. The Morgan fingerprint density at radius 2 is 1.41 bits per heavy atom. The van der Waals surface area contributed by atoms with Crippen molar-refractivity contribution in [2.45, 2.75) is 19.9 Å². The van der Waals surface area contributed by atoms with Crippen molar-refractivity contribution < 1.29 is 33.3 Å². The van der Waals surface area contributed by atoms with Gasteiger partial charge in [0, 0.05) is 6.07 Å². The summed E-state index contributed by atoms with van der Waals surface area (Å²) in [6.07, 6.45) is 2.94. The van der Waals surface area contributed by atoms with E-state index >= 15 is 0 Å². The molecule has 0 fully saturated rings. The fourth-order valence-electron chi connectivity index (χ4n) is 2.53. The Morgan fingerprint density at radius 1 is 0.844 bits per heavy atom. The third kappa shape index (κ3) is 7.96. The molecule has 172 valence electrons. The highest BCUT2D eigenvalue weighted by Gasteiger charge is 2.18. The third-order valence-corrected chi connectivity index (χ3v) is 4.46. The first-order valence-electron chi connectivity index (χ1n) is 10.1. The second kappa shape index (κ2) is 12.4. The van der Waals surface area contributed by atoms with Crippen LogP contribution >= 0.6 is 0 Å². The molecule has 0 aliphatic heterocycles. The Bertz CT molecular complexity index is 900. The van der Waals surface area contributed by atoms with Crippen LogP contribution in [0.2, 0.25) is 0 Å². The number of carbonyl (C=O) groups is 2. The molecular formula is C24H29NO7. The maximum atomic E-state index is 11.8. The molecule has 2 N–H and O–H groups in total. The summed E-state index contributed by atoms with van der Waals surface area (Å²) in [5.41, 5.74) is 7.49. The van der Waals surface area contributed by atoms with E-state index in [0.29, 0.717) is 17.2 Å². The summed E-state index contributed by atoms with van der Waals surface area (Å²) in [5.74, 6) is 1.15. The van der Waals surface area contributed by atoms with Crippen LogP contribution in [0.1, 0.15) is 25.0 Å². The van der Waals surface area contributed by atoms with E-state index in [0.717, 1.165) is 11.1 Å². The van der Waals surface area contributed by atoms with Gasteiger partial charge in [0.2, 0.25) is 0 Å². The maximum Gasteiger partial charge on any atom is 0.513 e. The van der Waals surface area contributed by atoms with Crippen LogP contribution in [0.5, 0.6) is 17.2 Å². The molecule has 0 aromatic heterocycles. The minimum atomic E-state index is -0.888. The number of hydrogen-bond donors (Lipinski definition) is 1. The van der Waals surface area contributed by atoms with Crippen LogP contribution in [0.4, 0.5) is 4.79 Å². The molecule has 32 heavy (non-hydrogen) atoms. The molecule has 8 heteroatoms. The number of carbonyl (C=O) groups excluding carboxylic acids is 2. The lowest BCUT2D eigenvalue weighted by atomic mass is 10.1. The van der Waals surface area contributed by atoms with Crippen molar-refractivity contribution in [1.29, 1.82) is 0 Å². The largest absolute Gasteiger partial charge is 0.513 e. The van der Waals surface area contributed by atoms with Gasteiger partial charge in [0.05, 0.1) is 14.2 Å². The SMILES string of the molecule is COc1cc(C=Cc2ccc(OC(=O)OCCOC(=O)C(N)C(C)C)cc2)cc(OC)c1. The van der Waals surface area contributed by atoms with Crippen molar-refractivity contribution in [3.05, 3.63) is 53.6 Å². The molecule has 0 spiro atoms. The zero-order valence-electron chi connectivity index (χ0n) is 18.7. The lowest BCUT2D eigenvalue weighted by molar-refractivity contribution is -0.147. The van der Waals surface area contributed by atoms with Gasteiger partial charge in [-0.15, -0.1) is 0 Å². The molecule has 8 nitrogen and oxygen atoms in total. The predicted molar refractivity (Wildman–Crippen MR) is 121 cm³/mol. The molecule has 0 saturated carbocycles. The molecular weight excluding hydrogens is 414 g/mol. The van der Waals surface area contributed by atoms with Crippen molar-refractivity contribution in [2.75, 3.05) is 27.4 Å². The highest BCUT2D eigenvalue weighted by atomic mass is 16.7. The minimum Gasteiger partial charge on any atom is -0.497 e. The molecule has 0 heterocycles. The molecule has 2 rings (SSSR count). The fraction of sp³-hybridized carbons (Fsp3) is 0.333. The summed E-state index contributed by atoms with van der Waals surface area (Å²) in [7, 11) is 3.20. The van der Waals surface area contributed by atoms with Crippen molar-refractivity contribution in [1.82, 2.24) is 0 Å².